The maximum atomic E-state index is 11.2. The van der Waals surface area contributed by atoms with Crippen LogP contribution < -0.4 is 10.6 Å². The van der Waals surface area contributed by atoms with Crippen LogP contribution in [-0.2, 0) is 14.4 Å². The van der Waals surface area contributed by atoms with Crippen LogP contribution in [0.2, 0.25) is 0 Å². The Hall–Kier alpha value is -2.32. The molecule has 9 heteroatoms. The third-order valence-electron chi connectivity index (χ3n) is 2.07. The summed E-state index contributed by atoms with van der Waals surface area (Å²) in [6, 6.07) is -1.76. The number of hydrogen-bond acceptors (Lipinski definition) is 4. The van der Waals surface area contributed by atoms with Crippen LogP contribution >= 0.6 is 0 Å². The standard InChI is InChI=1S/C10H18N2O5.C2H6.CH2O2/c1-2-3-6-11-10(17)12-7(9(15)16)4-5-8(13)14;1-2;2-1-3/h7H,2-6H2,1H3,(H,13,14)(H,15,16)(H2,11,12,17);1-2H3;1H,(H,2,3). The molecule has 0 aromatic heterocycles. The van der Waals surface area contributed by atoms with Crippen LogP contribution in [0.3, 0.4) is 0 Å². The Morgan fingerprint density at radius 1 is 1.18 bits per heavy atom. The van der Waals surface area contributed by atoms with Crippen LogP contribution in [0, 0.1) is 0 Å². The molecule has 1 unspecified atom stereocenters. The third kappa shape index (κ3) is 20.0. The number of carbonyl (C=O) groups excluding carboxylic acids is 1. The lowest BCUT2D eigenvalue weighted by Crippen LogP contribution is -2.46. The molecule has 0 spiro atoms. The maximum absolute atomic E-state index is 11.2. The van der Waals surface area contributed by atoms with Crippen molar-refractivity contribution in [2.45, 2.75) is 52.5 Å². The van der Waals surface area contributed by atoms with E-state index >= 15 is 0 Å². The molecule has 5 N–H and O–H groups in total. The maximum Gasteiger partial charge on any atom is 0.326 e. The Morgan fingerprint density at radius 3 is 2.05 bits per heavy atom. The number of urea groups is 1. The van der Waals surface area contributed by atoms with Gasteiger partial charge in [0.05, 0.1) is 0 Å². The number of carboxylic acid groups (broad SMARTS) is 3. The van der Waals surface area contributed by atoms with Crippen molar-refractivity contribution in [3.05, 3.63) is 0 Å². The summed E-state index contributed by atoms with van der Waals surface area (Å²) in [5.41, 5.74) is 0. The highest BCUT2D eigenvalue weighted by molar-refractivity contribution is 5.82. The first kappa shape index (κ1) is 24.7. The molecule has 0 aliphatic carbocycles. The van der Waals surface area contributed by atoms with E-state index in [0.717, 1.165) is 12.8 Å². The lowest BCUT2D eigenvalue weighted by Gasteiger charge is -2.14. The zero-order chi connectivity index (χ0) is 18.0. The summed E-state index contributed by atoms with van der Waals surface area (Å²) in [4.78, 5) is 40.6. The molecule has 0 bridgehead atoms. The first-order valence-electron chi connectivity index (χ1n) is 6.95. The quantitative estimate of drug-likeness (QED) is 0.331. The highest BCUT2D eigenvalue weighted by Gasteiger charge is 2.20. The van der Waals surface area contributed by atoms with E-state index in [1.165, 1.54) is 0 Å². The summed E-state index contributed by atoms with van der Waals surface area (Å²) in [7, 11) is 0. The van der Waals surface area contributed by atoms with E-state index < -0.39 is 24.0 Å². The van der Waals surface area contributed by atoms with Crippen LogP contribution in [-0.4, -0.2) is 52.3 Å². The number of nitrogens with one attached hydrogen (secondary N) is 2. The minimum atomic E-state index is -1.24. The second-order valence-corrected chi connectivity index (χ2v) is 3.68. The summed E-state index contributed by atoms with van der Waals surface area (Å²) in [6.45, 7) is 6.18. The Kier molecular flexibility index (Phi) is 21.0. The number of unbranched alkanes of at least 4 members (excludes halogenated alkanes) is 1. The minimum Gasteiger partial charge on any atom is -0.483 e. The van der Waals surface area contributed by atoms with Crippen LogP contribution in [0.4, 0.5) is 4.79 Å². The van der Waals surface area contributed by atoms with Gasteiger partial charge in [0.1, 0.15) is 6.04 Å². The van der Waals surface area contributed by atoms with E-state index in [2.05, 4.69) is 10.6 Å². The first-order valence-corrected chi connectivity index (χ1v) is 6.95. The molecule has 0 saturated carbocycles. The van der Waals surface area contributed by atoms with E-state index in [1.807, 2.05) is 20.8 Å². The Balaban J connectivity index is -0.000000637. The van der Waals surface area contributed by atoms with E-state index in [4.69, 9.17) is 20.1 Å². The molecular weight excluding hydrogens is 296 g/mol. The van der Waals surface area contributed by atoms with E-state index in [1.54, 1.807) is 0 Å². The monoisotopic (exact) mass is 322 g/mol. The van der Waals surface area contributed by atoms with Gasteiger partial charge < -0.3 is 26.0 Å². The average molecular weight is 322 g/mol. The number of hydrogen-bond donors (Lipinski definition) is 5. The van der Waals surface area contributed by atoms with Gasteiger partial charge in [-0.1, -0.05) is 27.2 Å². The van der Waals surface area contributed by atoms with Gasteiger partial charge >= 0.3 is 18.0 Å². The lowest BCUT2D eigenvalue weighted by molar-refractivity contribution is -0.140. The molecule has 0 aliphatic heterocycles. The fourth-order valence-electron chi connectivity index (χ4n) is 1.11. The number of amides is 2. The van der Waals surface area contributed by atoms with Crippen molar-refractivity contribution in [2.75, 3.05) is 6.54 Å². The van der Waals surface area contributed by atoms with Crippen molar-refractivity contribution in [1.82, 2.24) is 10.6 Å². The fraction of sp³-hybridized carbons (Fsp3) is 0.692. The Bertz CT molecular complexity index is 322. The molecule has 0 heterocycles. The molecule has 9 nitrogen and oxygen atoms in total. The topological polar surface area (TPSA) is 153 Å². The molecule has 130 valence electrons. The van der Waals surface area contributed by atoms with Gasteiger partial charge in [0.15, 0.2) is 0 Å². The Labute approximate surface area is 129 Å². The third-order valence-corrected chi connectivity index (χ3v) is 2.07. The summed E-state index contributed by atoms with van der Waals surface area (Å²) in [6.07, 6.45) is 1.29. The van der Waals surface area contributed by atoms with Crippen molar-refractivity contribution in [1.29, 1.82) is 0 Å². The van der Waals surface area contributed by atoms with E-state index in [0.29, 0.717) is 6.54 Å². The fourth-order valence-corrected chi connectivity index (χ4v) is 1.11. The predicted molar refractivity (Wildman–Crippen MR) is 79.8 cm³/mol. The van der Waals surface area contributed by atoms with Crippen molar-refractivity contribution >= 4 is 24.4 Å². The van der Waals surface area contributed by atoms with Gasteiger partial charge in [-0.3, -0.25) is 9.59 Å². The first-order chi connectivity index (χ1) is 10.4. The van der Waals surface area contributed by atoms with Crippen molar-refractivity contribution in [3.63, 3.8) is 0 Å². The summed E-state index contributed by atoms with van der Waals surface area (Å²) >= 11 is 0. The molecule has 0 rings (SSSR count). The summed E-state index contributed by atoms with van der Waals surface area (Å²) in [5.74, 6) is -2.33. The van der Waals surface area contributed by atoms with Crippen molar-refractivity contribution < 1.29 is 34.5 Å². The molecular formula is C13H26N2O7. The highest BCUT2D eigenvalue weighted by Crippen LogP contribution is 1.98. The number of rotatable bonds is 8. The predicted octanol–water partition coefficient (Wildman–Crippen LogP) is 1.13. The van der Waals surface area contributed by atoms with Gasteiger partial charge in [-0.05, 0) is 12.8 Å². The van der Waals surface area contributed by atoms with Crippen molar-refractivity contribution in [2.24, 2.45) is 0 Å². The Morgan fingerprint density at radius 2 is 1.68 bits per heavy atom. The van der Waals surface area contributed by atoms with E-state index in [-0.39, 0.29) is 19.3 Å². The zero-order valence-corrected chi connectivity index (χ0v) is 13.2. The SMILES string of the molecule is CC.CCCCNC(=O)NC(CCC(=O)O)C(=O)O.O=CO. The summed E-state index contributed by atoms with van der Waals surface area (Å²) in [5, 5.41) is 28.8. The lowest BCUT2D eigenvalue weighted by atomic mass is 10.1. The van der Waals surface area contributed by atoms with Gasteiger partial charge in [0, 0.05) is 13.0 Å². The highest BCUT2D eigenvalue weighted by atomic mass is 16.4. The molecule has 0 fully saturated rings. The molecule has 2 amide bonds. The zero-order valence-electron chi connectivity index (χ0n) is 13.2. The number of aliphatic carboxylic acids is 2. The van der Waals surface area contributed by atoms with Gasteiger partial charge in [-0.2, -0.15) is 0 Å². The normalized spacial score (nSPS) is 9.77. The number of carbonyl (C=O) groups is 4. The van der Waals surface area contributed by atoms with Crippen LogP contribution in [0.5, 0.6) is 0 Å². The molecule has 0 aromatic rings. The molecule has 0 radical (unpaired) electrons. The smallest absolute Gasteiger partial charge is 0.326 e. The largest absolute Gasteiger partial charge is 0.483 e. The minimum absolute atomic E-state index is 0.133. The average Bonchev–Trinajstić information content (AvgIpc) is 2.46. The van der Waals surface area contributed by atoms with Gasteiger partial charge in [0.25, 0.3) is 6.47 Å². The van der Waals surface area contributed by atoms with Gasteiger partial charge in [0.2, 0.25) is 0 Å². The van der Waals surface area contributed by atoms with Gasteiger partial charge in [-0.25, -0.2) is 9.59 Å². The van der Waals surface area contributed by atoms with Gasteiger partial charge in [-0.15, -0.1) is 0 Å². The molecule has 0 saturated heterocycles. The number of carboxylic acids is 2. The second kappa shape index (κ2) is 18.7. The van der Waals surface area contributed by atoms with Crippen molar-refractivity contribution in [3.8, 4) is 0 Å². The van der Waals surface area contributed by atoms with Crippen LogP contribution in [0.1, 0.15) is 46.5 Å². The van der Waals surface area contributed by atoms with E-state index in [9.17, 15) is 14.4 Å². The molecule has 0 aliphatic rings. The summed E-state index contributed by atoms with van der Waals surface area (Å²) < 4.78 is 0. The molecule has 0 aromatic carbocycles. The molecule has 1 atom stereocenters. The van der Waals surface area contributed by atoms with Crippen LogP contribution in [0.15, 0.2) is 0 Å². The molecule has 22 heavy (non-hydrogen) atoms. The second-order valence-electron chi connectivity index (χ2n) is 3.68. The van der Waals surface area contributed by atoms with Crippen LogP contribution in [0.25, 0.3) is 0 Å².